The largest absolute Gasteiger partial charge is 0.423 e. The molecule has 0 aliphatic carbocycles. The summed E-state index contributed by atoms with van der Waals surface area (Å²) in [4.78, 5) is 25.7. The molecule has 1 heterocycles. The van der Waals surface area contributed by atoms with Crippen molar-refractivity contribution in [2.75, 3.05) is 18.0 Å². The molecule has 1 aliphatic heterocycles. The number of nitrogens with one attached hydrogen (secondary N) is 1. The molecule has 3 rings (SSSR count). The van der Waals surface area contributed by atoms with Gasteiger partial charge in [-0.25, -0.2) is 4.79 Å². The molecule has 1 aliphatic rings. The van der Waals surface area contributed by atoms with E-state index in [0.29, 0.717) is 12.3 Å². The van der Waals surface area contributed by atoms with Crippen LogP contribution in [-0.4, -0.2) is 25.0 Å². The van der Waals surface area contributed by atoms with E-state index in [0.717, 1.165) is 16.8 Å². The van der Waals surface area contributed by atoms with Crippen LogP contribution in [0.4, 0.5) is 5.69 Å². The Bertz CT molecular complexity index is 769. The highest BCUT2D eigenvalue weighted by molar-refractivity contribution is 5.89. The first-order valence-corrected chi connectivity index (χ1v) is 7.90. The molecule has 0 saturated heterocycles. The Balaban J connectivity index is 1.65. The summed E-state index contributed by atoms with van der Waals surface area (Å²) in [6, 6.07) is 13.6. The van der Waals surface area contributed by atoms with Gasteiger partial charge in [-0.15, -0.1) is 0 Å². The topological polar surface area (TPSA) is 58.6 Å². The number of esters is 1. The highest BCUT2D eigenvalue weighted by atomic mass is 16.5. The number of fused-ring (bicyclic) bond motifs is 1. The number of anilines is 1. The summed E-state index contributed by atoms with van der Waals surface area (Å²) in [5.41, 5.74) is 4.06. The van der Waals surface area contributed by atoms with Gasteiger partial charge in [0.25, 0.3) is 0 Å². The maximum Gasteiger partial charge on any atom is 0.331 e. The lowest BCUT2D eigenvalue weighted by molar-refractivity contribution is -0.133. The molecule has 2 aromatic carbocycles. The van der Waals surface area contributed by atoms with E-state index >= 15 is 0 Å². The molecule has 0 aromatic heterocycles. The summed E-state index contributed by atoms with van der Waals surface area (Å²) in [7, 11) is 0. The van der Waals surface area contributed by atoms with Crippen LogP contribution in [0.15, 0.2) is 42.5 Å². The molecule has 0 spiro atoms. The van der Waals surface area contributed by atoms with Gasteiger partial charge in [0, 0.05) is 6.54 Å². The van der Waals surface area contributed by atoms with Crippen LogP contribution in [0.1, 0.15) is 16.7 Å². The first-order chi connectivity index (χ1) is 11.5. The summed E-state index contributed by atoms with van der Waals surface area (Å²) in [5, 5.41) is 2.89. The fraction of sp³-hybridized carbons (Fsp3) is 0.263. The van der Waals surface area contributed by atoms with Crippen LogP contribution in [0.25, 0.3) is 0 Å². The number of hydrogen-bond acceptors (Lipinski definition) is 4. The van der Waals surface area contributed by atoms with Crippen molar-refractivity contribution in [3.05, 3.63) is 59.2 Å². The van der Waals surface area contributed by atoms with Gasteiger partial charge in [0.2, 0.25) is 5.91 Å². The first kappa shape index (κ1) is 16.1. The molecular formula is C19H20N2O3. The minimum absolute atomic E-state index is 0.0778. The van der Waals surface area contributed by atoms with Crippen LogP contribution in [0, 0.1) is 13.8 Å². The molecule has 0 bridgehead atoms. The molecule has 1 amide bonds. The van der Waals surface area contributed by atoms with Crippen molar-refractivity contribution in [1.29, 1.82) is 0 Å². The van der Waals surface area contributed by atoms with Gasteiger partial charge in [-0.1, -0.05) is 35.9 Å². The normalized spacial score (nSPS) is 13.2. The Labute approximate surface area is 141 Å². The molecule has 124 valence electrons. The number of benzene rings is 2. The number of carbonyl (C=O) groups is 2. The number of hydrogen-bond donors (Lipinski definition) is 1. The predicted molar refractivity (Wildman–Crippen MR) is 92.1 cm³/mol. The number of nitrogens with zero attached hydrogens (tertiary/aromatic N) is 1. The highest BCUT2D eigenvalue weighted by Crippen LogP contribution is 2.32. The Morgan fingerprint density at radius 3 is 2.58 bits per heavy atom. The summed E-state index contributed by atoms with van der Waals surface area (Å²) in [5.74, 6) is 0.0265. The van der Waals surface area contributed by atoms with E-state index in [1.165, 1.54) is 5.56 Å². The molecule has 5 nitrogen and oxygen atoms in total. The predicted octanol–water partition coefficient (Wildman–Crippen LogP) is 2.35. The highest BCUT2D eigenvalue weighted by Gasteiger charge is 2.25. The van der Waals surface area contributed by atoms with Gasteiger partial charge in [-0.2, -0.15) is 0 Å². The van der Waals surface area contributed by atoms with Crippen molar-refractivity contribution < 1.29 is 14.3 Å². The second kappa shape index (κ2) is 6.74. The number of ether oxygens (including phenoxy) is 1. The third-order valence-electron chi connectivity index (χ3n) is 3.94. The molecule has 0 saturated carbocycles. The standard InChI is InChI=1S/C19H20N2O3/c1-13-3-6-15(7-4-13)10-20-18(22)11-21-12-19(23)24-17-8-5-14(2)9-16(17)21/h3-9H,10-12H2,1-2H3,(H,20,22). The average molecular weight is 324 g/mol. The number of amides is 1. The second-order valence-electron chi connectivity index (χ2n) is 6.06. The van der Waals surface area contributed by atoms with Crippen molar-refractivity contribution >= 4 is 17.6 Å². The van der Waals surface area contributed by atoms with Gasteiger partial charge in [0.05, 0.1) is 12.2 Å². The molecule has 24 heavy (non-hydrogen) atoms. The van der Waals surface area contributed by atoms with Gasteiger partial charge in [0.15, 0.2) is 5.75 Å². The van der Waals surface area contributed by atoms with E-state index < -0.39 is 0 Å². The van der Waals surface area contributed by atoms with E-state index in [9.17, 15) is 9.59 Å². The van der Waals surface area contributed by atoms with Crippen molar-refractivity contribution in [2.24, 2.45) is 0 Å². The van der Waals surface area contributed by atoms with Crippen LogP contribution >= 0.6 is 0 Å². The van der Waals surface area contributed by atoms with E-state index in [4.69, 9.17) is 4.74 Å². The fourth-order valence-electron chi connectivity index (χ4n) is 2.63. The molecular weight excluding hydrogens is 304 g/mol. The maximum atomic E-state index is 12.2. The molecule has 0 unspecified atom stereocenters. The Morgan fingerprint density at radius 2 is 1.83 bits per heavy atom. The van der Waals surface area contributed by atoms with Crippen LogP contribution in [0.3, 0.4) is 0 Å². The second-order valence-corrected chi connectivity index (χ2v) is 6.06. The van der Waals surface area contributed by atoms with E-state index in [1.54, 1.807) is 11.0 Å². The van der Waals surface area contributed by atoms with E-state index in [2.05, 4.69) is 5.32 Å². The molecule has 1 N–H and O–H groups in total. The molecule has 5 heteroatoms. The lowest BCUT2D eigenvalue weighted by atomic mass is 10.1. The summed E-state index contributed by atoms with van der Waals surface area (Å²) >= 11 is 0. The third kappa shape index (κ3) is 3.74. The van der Waals surface area contributed by atoms with E-state index in [-0.39, 0.29) is 25.0 Å². The minimum atomic E-state index is -0.349. The molecule has 0 fully saturated rings. The van der Waals surface area contributed by atoms with Gasteiger partial charge >= 0.3 is 5.97 Å². The van der Waals surface area contributed by atoms with Crippen molar-refractivity contribution in [2.45, 2.75) is 20.4 Å². The van der Waals surface area contributed by atoms with Gasteiger partial charge < -0.3 is 15.0 Å². The Kier molecular flexibility index (Phi) is 4.51. The van der Waals surface area contributed by atoms with E-state index in [1.807, 2.05) is 50.2 Å². The monoisotopic (exact) mass is 324 g/mol. The van der Waals surface area contributed by atoms with Crippen molar-refractivity contribution in [3.63, 3.8) is 0 Å². The van der Waals surface area contributed by atoms with Crippen molar-refractivity contribution in [1.82, 2.24) is 5.32 Å². The van der Waals surface area contributed by atoms with Crippen LogP contribution in [0.2, 0.25) is 0 Å². The summed E-state index contributed by atoms with van der Waals surface area (Å²) < 4.78 is 5.23. The zero-order valence-electron chi connectivity index (χ0n) is 13.8. The minimum Gasteiger partial charge on any atom is -0.423 e. The zero-order chi connectivity index (χ0) is 17.1. The van der Waals surface area contributed by atoms with Crippen LogP contribution < -0.4 is 15.0 Å². The Morgan fingerprint density at radius 1 is 1.12 bits per heavy atom. The smallest absolute Gasteiger partial charge is 0.331 e. The van der Waals surface area contributed by atoms with Crippen LogP contribution in [-0.2, 0) is 16.1 Å². The van der Waals surface area contributed by atoms with Crippen molar-refractivity contribution in [3.8, 4) is 5.75 Å². The van der Waals surface area contributed by atoms with Gasteiger partial charge in [-0.3, -0.25) is 4.79 Å². The lowest BCUT2D eigenvalue weighted by Crippen LogP contribution is -2.43. The molecule has 0 radical (unpaired) electrons. The number of rotatable bonds is 4. The summed E-state index contributed by atoms with van der Waals surface area (Å²) in [6.07, 6.45) is 0. The number of carbonyl (C=O) groups excluding carboxylic acids is 2. The molecule has 2 aromatic rings. The molecule has 0 atom stereocenters. The third-order valence-corrected chi connectivity index (χ3v) is 3.94. The average Bonchev–Trinajstić information content (AvgIpc) is 2.55. The fourth-order valence-corrected chi connectivity index (χ4v) is 2.63. The maximum absolute atomic E-state index is 12.2. The summed E-state index contributed by atoms with van der Waals surface area (Å²) in [6.45, 7) is 4.66. The quantitative estimate of drug-likeness (QED) is 0.693. The first-order valence-electron chi connectivity index (χ1n) is 7.90. The zero-order valence-corrected chi connectivity index (χ0v) is 13.8. The lowest BCUT2D eigenvalue weighted by Gasteiger charge is -2.29. The SMILES string of the molecule is Cc1ccc(CNC(=O)CN2CC(=O)Oc3ccc(C)cc32)cc1. The number of aryl methyl sites for hydroxylation is 2. The van der Waals surface area contributed by atoms with Crippen LogP contribution in [0.5, 0.6) is 5.75 Å². The van der Waals surface area contributed by atoms with Gasteiger partial charge in [-0.05, 0) is 37.1 Å². The van der Waals surface area contributed by atoms with Gasteiger partial charge in [0.1, 0.15) is 6.54 Å². The Hall–Kier alpha value is -2.82.